The molecule has 1 aliphatic rings. The molecule has 0 radical (unpaired) electrons. The number of alkyl halides is 3. The Morgan fingerprint density at radius 1 is 1.19 bits per heavy atom. The van der Waals surface area contributed by atoms with E-state index in [1.54, 1.807) is 24.5 Å². The van der Waals surface area contributed by atoms with Gasteiger partial charge in [0.25, 0.3) is 0 Å². The standard InChI is InChI=1S/C23H19F3N4O2/c1-13(16-9-22(31)28-10-16)32-19-8-15(7-18-17(19)3-2-6-27-18)14-4-5-21-29-20(23(24,25)26)12-30(21)11-14/h2-8,11-13,16H,9-10H2,1H3,(H,28,31)/t13-,16?/m1/s1. The quantitative estimate of drug-likeness (QED) is 0.508. The molecule has 1 aliphatic heterocycles. The lowest BCUT2D eigenvalue weighted by Gasteiger charge is -2.21. The van der Waals surface area contributed by atoms with Crippen molar-refractivity contribution in [3.05, 3.63) is 60.7 Å². The minimum Gasteiger partial charge on any atom is -0.490 e. The second-order valence-electron chi connectivity index (χ2n) is 7.94. The first-order valence-electron chi connectivity index (χ1n) is 10.2. The lowest BCUT2D eigenvalue weighted by Crippen LogP contribution is -2.25. The number of aromatic nitrogens is 3. The lowest BCUT2D eigenvalue weighted by atomic mass is 10.0. The predicted molar refractivity (Wildman–Crippen MR) is 112 cm³/mol. The van der Waals surface area contributed by atoms with Crippen molar-refractivity contribution >= 4 is 22.5 Å². The summed E-state index contributed by atoms with van der Waals surface area (Å²) in [5.74, 6) is 0.678. The summed E-state index contributed by atoms with van der Waals surface area (Å²) < 4.78 is 46.7. The van der Waals surface area contributed by atoms with Crippen LogP contribution in [-0.2, 0) is 11.0 Å². The Morgan fingerprint density at radius 2 is 2.03 bits per heavy atom. The average Bonchev–Trinajstić information content (AvgIpc) is 3.39. The fourth-order valence-corrected chi connectivity index (χ4v) is 3.97. The number of amides is 1. The van der Waals surface area contributed by atoms with Crippen LogP contribution >= 0.6 is 0 Å². The summed E-state index contributed by atoms with van der Waals surface area (Å²) in [6.45, 7) is 2.49. The van der Waals surface area contributed by atoms with Gasteiger partial charge in [0.05, 0.1) is 5.52 Å². The average molecular weight is 440 g/mol. The van der Waals surface area contributed by atoms with E-state index in [-0.39, 0.29) is 23.6 Å². The van der Waals surface area contributed by atoms with Crippen molar-refractivity contribution in [1.29, 1.82) is 0 Å². The second-order valence-corrected chi connectivity index (χ2v) is 7.94. The van der Waals surface area contributed by atoms with Crippen LogP contribution < -0.4 is 10.1 Å². The number of hydrogen-bond donors (Lipinski definition) is 1. The van der Waals surface area contributed by atoms with Crippen LogP contribution in [-0.4, -0.2) is 32.9 Å². The first-order valence-corrected chi connectivity index (χ1v) is 10.2. The molecule has 0 bridgehead atoms. The molecule has 6 nitrogen and oxygen atoms in total. The Balaban J connectivity index is 1.55. The van der Waals surface area contributed by atoms with E-state index in [9.17, 15) is 18.0 Å². The summed E-state index contributed by atoms with van der Waals surface area (Å²) in [6, 6.07) is 10.7. The van der Waals surface area contributed by atoms with Crippen molar-refractivity contribution in [1.82, 2.24) is 19.7 Å². The van der Waals surface area contributed by atoms with Crippen LogP contribution in [0.3, 0.4) is 0 Å². The van der Waals surface area contributed by atoms with Crippen molar-refractivity contribution in [2.24, 2.45) is 5.92 Å². The highest BCUT2D eigenvalue weighted by atomic mass is 19.4. The van der Waals surface area contributed by atoms with Crippen molar-refractivity contribution < 1.29 is 22.7 Å². The molecule has 1 saturated heterocycles. The van der Waals surface area contributed by atoms with Crippen molar-refractivity contribution in [2.45, 2.75) is 25.6 Å². The number of ether oxygens (including phenoxy) is 1. The van der Waals surface area contributed by atoms with Crippen molar-refractivity contribution in [3.63, 3.8) is 0 Å². The maximum absolute atomic E-state index is 13.0. The molecule has 5 rings (SSSR count). The van der Waals surface area contributed by atoms with Gasteiger partial charge in [0.1, 0.15) is 17.5 Å². The molecule has 1 fully saturated rings. The lowest BCUT2D eigenvalue weighted by molar-refractivity contribution is -0.140. The van der Waals surface area contributed by atoms with Crippen LogP contribution in [0.1, 0.15) is 19.0 Å². The summed E-state index contributed by atoms with van der Waals surface area (Å²) >= 11 is 0. The molecule has 9 heteroatoms. The van der Waals surface area contributed by atoms with Crippen molar-refractivity contribution in [2.75, 3.05) is 6.54 Å². The molecule has 4 aromatic rings. The number of benzene rings is 1. The van der Waals surface area contributed by atoms with Crippen LogP contribution in [0.25, 0.3) is 27.7 Å². The SMILES string of the molecule is C[C@@H](Oc1cc(-c2ccc3nc(C(F)(F)F)cn3c2)cc2ncccc12)C1CNC(=O)C1. The Labute approximate surface area is 181 Å². The van der Waals surface area contributed by atoms with Gasteiger partial charge in [-0.1, -0.05) is 0 Å². The molecule has 3 aromatic heterocycles. The molecule has 4 heterocycles. The number of carbonyl (C=O) groups is 1. The van der Waals surface area contributed by atoms with Gasteiger partial charge in [0.2, 0.25) is 5.91 Å². The van der Waals surface area contributed by atoms with Gasteiger partial charge in [-0.3, -0.25) is 9.78 Å². The van der Waals surface area contributed by atoms with Crippen LogP contribution in [0.4, 0.5) is 13.2 Å². The van der Waals surface area contributed by atoms with E-state index in [2.05, 4.69) is 15.3 Å². The van der Waals surface area contributed by atoms with Crippen LogP contribution in [0.5, 0.6) is 5.75 Å². The first kappa shape index (κ1) is 20.3. The monoisotopic (exact) mass is 440 g/mol. The van der Waals surface area contributed by atoms with Gasteiger partial charge in [-0.15, -0.1) is 0 Å². The fourth-order valence-electron chi connectivity index (χ4n) is 3.97. The molecule has 1 amide bonds. The van der Waals surface area contributed by atoms with E-state index < -0.39 is 11.9 Å². The summed E-state index contributed by atoms with van der Waals surface area (Å²) in [7, 11) is 0. The number of nitrogens with zero attached hydrogens (tertiary/aromatic N) is 3. The van der Waals surface area contributed by atoms with E-state index in [0.29, 0.717) is 29.8 Å². The highest BCUT2D eigenvalue weighted by Gasteiger charge is 2.34. The summed E-state index contributed by atoms with van der Waals surface area (Å²) in [5.41, 5.74) is 1.43. The smallest absolute Gasteiger partial charge is 0.434 e. The Bertz CT molecular complexity index is 1330. The third-order valence-electron chi connectivity index (χ3n) is 5.74. The normalized spacial score (nSPS) is 17.6. The zero-order valence-corrected chi connectivity index (χ0v) is 17.1. The van der Waals surface area contributed by atoms with Crippen LogP contribution in [0.2, 0.25) is 0 Å². The van der Waals surface area contributed by atoms with Gasteiger partial charge in [-0.25, -0.2) is 4.98 Å². The summed E-state index contributed by atoms with van der Waals surface area (Å²) in [6.07, 6.45) is -0.0511. The van der Waals surface area contributed by atoms with E-state index in [0.717, 1.165) is 17.1 Å². The number of nitrogens with one attached hydrogen (secondary N) is 1. The number of fused-ring (bicyclic) bond motifs is 2. The van der Waals surface area contributed by atoms with E-state index in [1.165, 1.54) is 4.40 Å². The molecule has 1 N–H and O–H groups in total. The minimum absolute atomic E-state index is 0.0117. The zero-order valence-electron chi connectivity index (χ0n) is 17.1. The summed E-state index contributed by atoms with van der Waals surface area (Å²) in [4.78, 5) is 19.7. The Morgan fingerprint density at radius 3 is 2.78 bits per heavy atom. The third-order valence-corrected chi connectivity index (χ3v) is 5.74. The first-order chi connectivity index (χ1) is 15.3. The molecular weight excluding hydrogens is 421 g/mol. The molecule has 1 aromatic carbocycles. The second kappa shape index (κ2) is 7.51. The largest absolute Gasteiger partial charge is 0.490 e. The minimum atomic E-state index is -4.51. The molecule has 0 spiro atoms. The molecule has 2 atom stereocenters. The van der Waals surface area contributed by atoms with Crippen molar-refractivity contribution in [3.8, 4) is 16.9 Å². The maximum Gasteiger partial charge on any atom is 0.434 e. The number of rotatable bonds is 4. The number of hydrogen-bond acceptors (Lipinski definition) is 4. The van der Waals surface area contributed by atoms with E-state index in [1.807, 2.05) is 31.2 Å². The van der Waals surface area contributed by atoms with E-state index >= 15 is 0 Å². The number of carbonyl (C=O) groups excluding carboxylic acids is 1. The van der Waals surface area contributed by atoms with E-state index in [4.69, 9.17) is 4.74 Å². The fraction of sp³-hybridized carbons (Fsp3) is 0.261. The van der Waals surface area contributed by atoms with Gasteiger partial charge in [0.15, 0.2) is 5.69 Å². The van der Waals surface area contributed by atoms with Crippen LogP contribution in [0.15, 0.2) is 55.0 Å². The third kappa shape index (κ3) is 3.74. The van der Waals surface area contributed by atoms with Gasteiger partial charge in [-0.05, 0) is 54.4 Å². The molecular formula is C23H19F3N4O2. The van der Waals surface area contributed by atoms with Gasteiger partial charge in [-0.2, -0.15) is 13.2 Å². The molecule has 0 saturated carbocycles. The van der Waals surface area contributed by atoms with Gasteiger partial charge >= 0.3 is 6.18 Å². The zero-order chi connectivity index (χ0) is 22.5. The predicted octanol–water partition coefficient (Wildman–Crippen LogP) is 4.47. The van der Waals surface area contributed by atoms with Gasteiger partial charge < -0.3 is 14.5 Å². The Kier molecular flexibility index (Phi) is 4.76. The number of imidazole rings is 1. The topological polar surface area (TPSA) is 68.5 Å². The Hall–Kier alpha value is -3.62. The highest BCUT2D eigenvalue weighted by Crippen LogP contribution is 2.34. The van der Waals surface area contributed by atoms with Crippen LogP contribution in [0, 0.1) is 5.92 Å². The molecule has 0 aliphatic carbocycles. The summed E-state index contributed by atoms with van der Waals surface area (Å²) in [5, 5.41) is 3.64. The number of pyridine rings is 2. The molecule has 164 valence electrons. The maximum atomic E-state index is 13.0. The van der Waals surface area contributed by atoms with Gasteiger partial charge in [0, 0.05) is 42.9 Å². The molecule has 1 unspecified atom stereocenters. The molecule has 32 heavy (non-hydrogen) atoms. The highest BCUT2D eigenvalue weighted by molar-refractivity contribution is 5.90. The number of halogens is 3.